The Kier molecular flexibility index (Phi) is 2.90. The van der Waals surface area contributed by atoms with Gasteiger partial charge < -0.3 is 5.11 Å². The fraction of sp³-hybridized carbons (Fsp3) is 0.750. The van der Waals surface area contributed by atoms with Crippen LogP contribution in [0.25, 0.3) is 0 Å². The van der Waals surface area contributed by atoms with Crippen molar-refractivity contribution < 1.29 is 5.11 Å². The number of nitrogens with zero attached hydrogens (tertiary/aromatic N) is 1. The van der Waals surface area contributed by atoms with E-state index in [0.29, 0.717) is 0 Å². The first-order valence-corrected chi connectivity index (χ1v) is 3.84. The summed E-state index contributed by atoms with van der Waals surface area (Å²) >= 11 is 0. The highest BCUT2D eigenvalue weighted by Crippen LogP contribution is 2.25. The predicted octanol–water partition coefficient (Wildman–Crippen LogP) is 0.629. The first-order valence-electron chi connectivity index (χ1n) is 3.84. The van der Waals surface area contributed by atoms with E-state index in [-0.39, 0.29) is 6.61 Å². The van der Waals surface area contributed by atoms with E-state index in [4.69, 9.17) is 5.11 Å². The van der Waals surface area contributed by atoms with Crippen molar-refractivity contribution in [1.29, 1.82) is 0 Å². The minimum absolute atomic E-state index is 0.268. The Morgan fingerprint density at radius 2 is 2.30 bits per heavy atom. The highest BCUT2D eigenvalue weighted by atomic mass is 16.3. The lowest BCUT2D eigenvalue weighted by Gasteiger charge is -2.17. The molecule has 0 bridgehead atoms. The smallest absolute Gasteiger partial charge is 0.0558 e. The predicted molar refractivity (Wildman–Crippen MR) is 41.9 cm³/mol. The molecule has 2 nitrogen and oxygen atoms in total. The molecule has 10 heavy (non-hydrogen) atoms. The SMILES string of the molecule is C=CCN(CCO)C1CC1. The maximum absolute atomic E-state index is 8.66. The molecule has 2 heteroatoms. The molecule has 0 atom stereocenters. The minimum Gasteiger partial charge on any atom is -0.395 e. The first-order chi connectivity index (χ1) is 4.88. The van der Waals surface area contributed by atoms with Crippen molar-refractivity contribution in [2.75, 3.05) is 19.7 Å². The minimum atomic E-state index is 0.268. The van der Waals surface area contributed by atoms with Crippen molar-refractivity contribution in [2.24, 2.45) is 0 Å². The maximum atomic E-state index is 8.66. The lowest BCUT2D eigenvalue weighted by atomic mass is 10.4. The van der Waals surface area contributed by atoms with Crippen molar-refractivity contribution >= 4 is 0 Å². The molecule has 0 heterocycles. The molecular weight excluding hydrogens is 126 g/mol. The normalized spacial score (nSPS) is 17.8. The zero-order valence-electron chi connectivity index (χ0n) is 6.29. The van der Waals surface area contributed by atoms with Crippen LogP contribution in [-0.2, 0) is 0 Å². The molecule has 0 aromatic carbocycles. The molecule has 1 fully saturated rings. The Hall–Kier alpha value is -0.340. The van der Waals surface area contributed by atoms with E-state index in [1.165, 1.54) is 12.8 Å². The first kappa shape index (κ1) is 7.76. The second-order valence-electron chi connectivity index (χ2n) is 2.74. The molecule has 0 amide bonds. The van der Waals surface area contributed by atoms with Gasteiger partial charge in [0.25, 0.3) is 0 Å². The van der Waals surface area contributed by atoms with E-state index in [1.807, 2.05) is 6.08 Å². The summed E-state index contributed by atoms with van der Waals surface area (Å²) in [5.41, 5.74) is 0. The van der Waals surface area contributed by atoms with E-state index >= 15 is 0 Å². The van der Waals surface area contributed by atoms with Crippen LogP contribution in [0.15, 0.2) is 12.7 Å². The van der Waals surface area contributed by atoms with Gasteiger partial charge in [-0.05, 0) is 12.8 Å². The summed E-state index contributed by atoms with van der Waals surface area (Å²) in [7, 11) is 0. The molecule has 0 aromatic rings. The summed E-state index contributed by atoms with van der Waals surface area (Å²) in [6.07, 6.45) is 4.50. The van der Waals surface area contributed by atoms with Gasteiger partial charge in [0, 0.05) is 19.1 Å². The molecule has 1 saturated carbocycles. The highest BCUT2D eigenvalue weighted by molar-refractivity contribution is 4.87. The van der Waals surface area contributed by atoms with Gasteiger partial charge in [-0.1, -0.05) is 6.08 Å². The fourth-order valence-electron chi connectivity index (χ4n) is 1.16. The zero-order chi connectivity index (χ0) is 7.40. The van der Waals surface area contributed by atoms with Crippen molar-refractivity contribution in [3.63, 3.8) is 0 Å². The van der Waals surface area contributed by atoms with E-state index in [1.54, 1.807) is 0 Å². The molecule has 0 saturated heterocycles. The average Bonchev–Trinajstić information content (AvgIpc) is 2.69. The molecule has 0 aromatic heterocycles. The summed E-state index contributed by atoms with van der Waals surface area (Å²) in [5, 5.41) is 8.66. The summed E-state index contributed by atoms with van der Waals surface area (Å²) in [5.74, 6) is 0. The van der Waals surface area contributed by atoms with Gasteiger partial charge in [0.05, 0.1) is 6.61 Å². The van der Waals surface area contributed by atoms with Crippen LogP contribution < -0.4 is 0 Å². The lowest BCUT2D eigenvalue weighted by Crippen LogP contribution is -2.29. The van der Waals surface area contributed by atoms with Crippen LogP contribution in [0.5, 0.6) is 0 Å². The molecule has 1 N–H and O–H groups in total. The van der Waals surface area contributed by atoms with Crippen LogP contribution in [0.2, 0.25) is 0 Å². The van der Waals surface area contributed by atoms with Crippen LogP contribution in [0.3, 0.4) is 0 Å². The zero-order valence-corrected chi connectivity index (χ0v) is 6.29. The topological polar surface area (TPSA) is 23.5 Å². The van der Waals surface area contributed by atoms with E-state index < -0.39 is 0 Å². The van der Waals surface area contributed by atoms with Gasteiger partial charge in [-0.15, -0.1) is 6.58 Å². The van der Waals surface area contributed by atoms with Crippen molar-refractivity contribution in [3.8, 4) is 0 Å². The second kappa shape index (κ2) is 3.74. The molecular formula is C8H15NO. The third-order valence-electron chi connectivity index (χ3n) is 1.81. The summed E-state index contributed by atoms with van der Waals surface area (Å²) < 4.78 is 0. The molecule has 1 aliphatic carbocycles. The molecule has 0 radical (unpaired) electrons. The molecule has 0 aliphatic heterocycles. The third-order valence-corrected chi connectivity index (χ3v) is 1.81. The fourth-order valence-corrected chi connectivity index (χ4v) is 1.16. The number of hydrogen-bond donors (Lipinski definition) is 1. The van der Waals surface area contributed by atoms with Gasteiger partial charge in [-0.25, -0.2) is 0 Å². The molecule has 1 rings (SSSR count). The Bertz CT molecular complexity index is 110. The van der Waals surface area contributed by atoms with Gasteiger partial charge >= 0.3 is 0 Å². The van der Waals surface area contributed by atoms with Crippen LogP contribution in [-0.4, -0.2) is 35.7 Å². The summed E-state index contributed by atoms with van der Waals surface area (Å²) in [6.45, 7) is 5.66. The Morgan fingerprint density at radius 1 is 1.60 bits per heavy atom. The molecule has 0 spiro atoms. The Balaban J connectivity index is 2.19. The van der Waals surface area contributed by atoms with E-state index in [2.05, 4.69) is 11.5 Å². The van der Waals surface area contributed by atoms with Crippen molar-refractivity contribution in [3.05, 3.63) is 12.7 Å². The maximum Gasteiger partial charge on any atom is 0.0558 e. The van der Waals surface area contributed by atoms with E-state index in [0.717, 1.165) is 19.1 Å². The Labute approximate surface area is 62.2 Å². The van der Waals surface area contributed by atoms with Gasteiger partial charge in [0.15, 0.2) is 0 Å². The third kappa shape index (κ3) is 2.12. The van der Waals surface area contributed by atoms with Gasteiger partial charge in [-0.2, -0.15) is 0 Å². The number of aliphatic hydroxyl groups is 1. The standard InChI is InChI=1S/C8H15NO/c1-2-5-9(6-7-10)8-3-4-8/h2,8,10H,1,3-7H2. The van der Waals surface area contributed by atoms with Crippen molar-refractivity contribution in [1.82, 2.24) is 4.90 Å². The van der Waals surface area contributed by atoms with Crippen LogP contribution in [0.1, 0.15) is 12.8 Å². The number of aliphatic hydroxyl groups excluding tert-OH is 1. The van der Waals surface area contributed by atoms with Crippen LogP contribution >= 0.6 is 0 Å². The van der Waals surface area contributed by atoms with Gasteiger partial charge in [0.2, 0.25) is 0 Å². The van der Waals surface area contributed by atoms with Crippen LogP contribution in [0, 0.1) is 0 Å². The molecule has 1 aliphatic rings. The highest BCUT2D eigenvalue weighted by Gasteiger charge is 2.27. The summed E-state index contributed by atoms with van der Waals surface area (Å²) in [6, 6.07) is 0.741. The monoisotopic (exact) mass is 141 g/mol. The molecule has 0 unspecified atom stereocenters. The second-order valence-corrected chi connectivity index (χ2v) is 2.74. The quantitative estimate of drug-likeness (QED) is 0.568. The molecule has 58 valence electrons. The van der Waals surface area contributed by atoms with Crippen LogP contribution in [0.4, 0.5) is 0 Å². The van der Waals surface area contributed by atoms with Gasteiger partial charge in [-0.3, -0.25) is 4.90 Å². The Morgan fingerprint density at radius 3 is 2.70 bits per heavy atom. The summed E-state index contributed by atoms with van der Waals surface area (Å²) in [4.78, 5) is 2.27. The van der Waals surface area contributed by atoms with E-state index in [9.17, 15) is 0 Å². The largest absolute Gasteiger partial charge is 0.395 e. The van der Waals surface area contributed by atoms with Gasteiger partial charge in [0.1, 0.15) is 0 Å². The number of hydrogen-bond acceptors (Lipinski definition) is 2. The lowest BCUT2D eigenvalue weighted by molar-refractivity contribution is 0.202. The number of rotatable bonds is 5. The van der Waals surface area contributed by atoms with Crippen molar-refractivity contribution in [2.45, 2.75) is 18.9 Å². The average molecular weight is 141 g/mol.